The van der Waals surface area contributed by atoms with Crippen molar-refractivity contribution in [3.8, 4) is 11.6 Å². The highest BCUT2D eigenvalue weighted by Gasteiger charge is 2.33. The largest absolute Gasteiger partial charge is 0.483 e. The maximum atomic E-state index is 13.5. The first-order valence-electron chi connectivity index (χ1n) is 12.1. The van der Waals surface area contributed by atoms with Gasteiger partial charge in [-0.15, -0.1) is 0 Å². The lowest BCUT2D eigenvalue weighted by molar-refractivity contribution is -0.137. The van der Waals surface area contributed by atoms with Gasteiger partial charge in [0.2, 0.25) is 5.75 Å². The molecule has 1 aliphatic carbocycles. The minimum atomic E-state index is -4.54. The van der Waals surface area contributed by atoms with Gasteiger partial charge in [-0.05, 0) is 49.2 Å². The van der Waals surface area contributed by atoms with Crippen molar-refractivity contribution in [1.29, 1.82) is 0 Å². The van der Waals surface area contributed by atoms with Gasteiger partial charge in [-0.1, -0.05) is 26.8 Å². The highest BCUT2D eigenvalue weighted by Crippen LogP contribution is 2.41. The van der Waals surface area contributed by atoms with Gasteiger partial charge in [-0.2, -0.15) is 18.2 Å². The molecule has 0 saturated carbocycles. The first-order valence-corrected chi connectivity index (χ1v) is 12.1. The Kier molecular flexibility index (Phi) is 7.72. The number of fused-ring (bicyclic) bond motifs is 1. The number of anilines is 2. The van der Waals surface area contributed by atoms with E-state index in [-0.39, 0.29) is 23.7 Å². The number of carbonyl (C=O) groups excluding carboxylic acids is 1. The molecule has 4 rings (SSSR count). The van der Waals surface area contributed by atoms with Crippen molar-refractivity contribution in [3.05, 3.63) is 59.1 Å². The maximum Gasteiger partial charge on any atom is 0.416 e. The van der Waals surface area contributed by atoms with E-state index in [1.165, 1.54) is 6.33 Å². The van der Waals surface area contributed by atoms with Crippen LogP contribution in [0.2, 0.25) is 0 Å². The maximum absolute atomic E-state index is 13.5. The molecule has 3 N–H and O–H groups in total. The van der Waals surface area contributed by atoms with Crippen LogP contribution in [0.5, 0.6) is 11.6 Å². The Morgan fingerprint density at radius 1 is 1.24 bits per heavy atom. The number of aromatic nitrogens is 2. The van der Waals surface area contributed by atoms with E-state index in [2.05, 4.69) is 25.9 Å². The molecule has 0 unspecified atom stereocenters. The third kappa shape index (κ3) is 6.40. The predicted molar refractivity (Wildman–Crippen MR) is 133 cm³/mol. The van der Waals surface area contributed by atoms with Gasteiger partial charge in [-0.25, -0.2) is 4.98 Å². The molecule has 0 spiro atoms. The number of hydrogen-bond donors (Lipinski definition) is 3. The number of rotatable bonds is 8. The fourth-order valence-electron chi connectivity index (χ4n) is 3.94. The number of halogens is 3. The Morgan fingerprint density at radius 2 is 2.05 bits per heavy atom. The number of alkyl halides is 3. The average molecular weight is 518 g/mol. The molecule has 2 aromatic rings. The summed E-state index contributed by atoms with van der Waals surface area (Å²) < 4.78 is 52.3. The fourth-order valence-corrected chi connectivity index (χ4v) is 3.94. The van der Waals surface area contributed by atoms with Crippen LogP contribution in [0.1, 0.15) is 44.7 Å². The lowest BCUT2D eigenvalue weighted by Gasteiger charge is -2.30. The molecule has 0 bridgehead atoms. The molecule has 0 saturated heterocycles. The van der Waals surface area contributed by atoms with Crippen molar-refractivity contribution < 1.29 is 27.4 Å². The fraction of sp³-hybridized carbons (Fsp3) is 0.423. The number of amides is 1. The number of carbonyl (C=O) groups is 1. The topological polar surface area (TPSA) is 97.4 Å². The van der Waals surface area contributed by atoms with E-state index < -0.39 is 23.1 Å². The van der Waals surface area contributed by atoms with Crippen molar-refractivity contribution in [1.82, 2.24) is 15.3 Å². The molecule has 0 atom stereocenters. The van der Waals surface area contributed by atoms with E-state index in [0.717, 1.165) is 18.6 Å². The van der Waals surface area contributed by atoms with E-state index in [4.69, 9.17) is 9.47 Å². The van der Waals surface area contributed by atoms with Gasteiger partial charge in [0.25, 0.3) is 11.8 Å². The summed E-state index contributed by atoms with van der Waals surface area (Å²) in [5.74, 6) is 1.07. The highest BCUT2D eigenvalue weighted by molar-refractivity contribution is 6.06. The molecule has 2 aliphatic rings. The van der Waals surface area contributed by atoms with Gasteiger partial charge in [0, 0.05) is 23.2 Å². The van der Waals surface area contributed by atoms with Crippen molar-refractivity contribution >= 4 is 17.4 Å². The second-order valence-electron chi connectivity index (χ2n) is 9.54. The molecule has 37 heavy (non-hydrogen) atoms. The third-order valence-corrected chi connectivity index (χ3v) is 6.00. The minimum absolute atomic E-state index is 0.0686. The zero-order chi connectivity index (χ0) is 26.6. The Bertz CT molecular complexity index is 1220. The van der Waals surface area contributed by atoms with E-state index in [1.807, 2.05) is 20.8 Å². The zero-order valence-corrected chi connectivity index (χ0v) is 21.0. The summed E-state index contributed by atoms with van der Waals surface area (Å²) >= 11 is 0. The Hall–Kier alpha value is -3.60. The van der Waals surface area contributed by atoms with E-state index in [9.17, 15) is 18.0 Å². The van der Waals surface area contributed by atoms with Crippen LogP contribution in [0.3, 0.4) is 0 Å². The number of allylic oxidation sites excluding steroid dienone is 2. The van der Waals surface area contributed by atoms with Crippen LogP contribution in [-0.2, 0) is 17.5 Å². The molecule has 2 heterocycles. The standard InChI is InChI=1S/C26H30F3N5O3/c1-4-7-30-14-16-10-18(26(27,28)29)13-19(11-16)34-23(35)17-5-6-25(2,3)20(12-17)37-24-21-22(32-15-33-24)31-8-9-36-21/h5,10-13,15,30H,4,6-9,14H2,1-3H3,(H,34,35)(H,31,32,33). The average Bonchev–Trinajstić information content (AvgIpc) is 2.85. The molecule has 1 amide bonds. The zero-order valence-electron chi connectivity index (χ0n) is 21.0. The Morgan fingerprint density at radius 3 is 2.81 bits per heavy atom. The molecule has 0 fully saturated rings. The minimum Gasteiger partial charge on any atom is -0.483 e. The molecular formula is C26H30F3N5O3. The van der Waals surface area contributed by atoms with Gasteiger partial charge >= 0.3 is 6.18 Å². The van der Waals surface area contributed by atoms with Crippen LogP contribution in [0, 0.1) is 5.41 Å². The quantitative estimate of drug-likeness (QED) is 0.421. The summed E-state index contributed by atoms with van der Waals surface area (Å²) in [5, 5.41) is 8.83. The number of nitrogens with one attached hydrogen (secondary N) is 3. The van der Waals surface area contributed by atoms with Crippen molar-refractivity contribution in [2.45, 2.75) is 46.3 Å². The van der Waals surface area contributed by atoms with Gasteiger partial charge < -0.3 is 25.4 Å². The molecule has 198 valence electrons. The summed E-state index contributed by atoms with van der Waals surface area (Å²) in [6, 6.07) is 3.57. The van der Waals surface area contributed by atoms with Gasteiger partial charge in [-0.3, -0.25) is 4.79 Å². The first-order chi connectivity index (χ1) is 17.6. The summed E-state index contributed by atoms with van der Waals surface area (Å²) in [5.41, 5.74) is -0.505. The van der Waals surface area contributed by atoms with Crippen LogP contribution in [0.4, 0.5) is 24.7 Å². The van der Waals surface area contributed by atoms with Crippen molar-refractivity contribution in [2.75, 3.05) is 30.3 Å². The lowest BCUT2D eigenvalue weighted by atomic mass is 9.81. The predicted octanol–water partition coefficient (Wildman–Crippen LogP) is 5.06. The summed E-state index contributed by atoms with van der Waals surface area (Å²) in [6.07, 6.45) is 1.47. The third-order valence-electron chi connectivity index (χ3n) is 6.00. The number of nitrogens with zero attached hydrogens (tertiary/aromatic N) is 2. The van der Waals surface area contributed by atoms with Gasteiger partial charge in [0.05, 0.1) is 12.1 Å². The van der Waals surface area contributed by atoms with Crippen LogP contribution >= 0.6 is 0 Å². The Labute approximate surface area is 213 Å². The van der Waals surface area contributed by atoms with E-state index in [1.54, 1.807) is 18.2 Å². The summed E-state index contributed by atoms with van der Waals surface area (Å²) in [6.45, 7) is 7.86. The molecule has 0 radical (unpaired) electrons. The summed E-state index contributed by atoms with van der Waals surface area (Å²) in [4.78, 5) is 21.4. The van der Waals surface area contributed by atoms with Crippen LogP contribution < -0.4 is 25.4 Å². The van der Waals surface area contributed by atoms with E-state index in [0.29, 0.717) is 49.0 Å². The molecule has 1 aromatic heterocycles. The van der Waals surface area contributed by atoms with Crippen LogP contribution in [-0.4, -0.2) is 35.6 Å². The SMILES string of the molecule is CCCNCc1cc(NC(=O)C2=CCC(C)(C)C(Oc3ncnc4c3OCCN4)=C2)cc(C(F)(F)F)c1. The van der Waals surface area contributed by atoms with Crippen molar-refractivity contribution in [2.24, 2.45) is 5.41 Å². The monoisotopic (exact) mass is 517 g/mol. The van der Waals surface area contributed by atoms with Gasteiger partial charge in [0.15, 0.2) is 5.82 Å². The van der Waals surface area contributed by atoms with Crippen LogP contribution in [0.25, 0.3) is 0 Å². The number of hydrogen-bond acceptors (Lipinski definition) is 7. The lowest BCUT2D eigenvalue weighted by Crippen LogP contribution is -2.26. The number of ether oxygens (including phenoxy) is 2. The molecular weight excluding hydrogens is 487 g/mol. The van der Waals surface area contributed by atoms with Gasteiger partial charge in [0.1, 0.15) is 18.7 Å². The highest BCUT2D eigenvalue weighted by atomic mass is 19.4. The second kappa shape index (κ2) is 10.8. The Balaban J connectivity index is 1.56. The number of benzene rings is 1. The molecule has 1 aliphatic heterocycles. The molecule has 8 nitrogen and oxygen atoms in total. The normalized spacial score (nSPS) is 16.5. The van der Waals surface area contributed by atoms with Crippen molar-refractivity contribution in [3.63, 3.8) is 0 Å². The first kappa shape index (κ1) is 26.5. The smallest absolute Gasteiger partial charge is 0.416 e. The summed E-state index contributed by atoms with van der Waals surface area (Å²) in [7, 11) is 0. The molecule has 11 heteroatoms. The molecule has 1 aromatic carbocycles. The van der Waals surface area contributed by atoms with Crippen LogP contribution in [0.15, 0.2) is 48.0 Å². The second-order valence-corrected chi connectivity index (χ2v) is 9.54. The van der Waals surface area contributed by atoms with E-state index >= 15 is 0 Å².